The molecule has 0 bridgehead atoms. The van der Waals surface area contributed by atoms with Gasteiger partial charge in [0.25, 0.3) is 0 Å². The molecule has 1 N–H and O–H groups in total. The standard InChI is InChI=1S/C20H31N3O2/c1-3-22-13-15-23(16-14-22)12-5-4-11-21-20(24)10-9-18-7-6-8-19(17-18)25-2/h6-10,17H,3-5,11-16H2,1-2H3,(H,21,24). The summed E-state index contributed by atoms with van der Waals surface area (Å²) in [6, 6.07) is 7.66. The molecule has 25 heavy (non-hydrogen) atoms. The van der Waals surface area contributed by atoms with Crippen LogP contribution in [0.5, 0.6) is 5.75 Å². The minimum atomic E-state index is -0.0422. The van der Waals surface area contributed by atoms with Crippen molar-refractivity contribution in [1.29, 1.82) is 0 Å². The molecule has 1 fully saturated rings. The van der Waals surface area contributed by atoms with E-state index in [-0.39, 0.29) is 5.91 Å². The third kappa shape index (κ3) is 7.28. The van der Waals surface area contributed by atoms with E-state index in [1.165, 1.54) is 26.2 Å². The Hall–Kier alpha value is -1.85. The summed E-state index contributed by atoms with van der Waals surface area (Å²) in [7, 11) is 1.64. The molecule has 0 unspecified atom stereocenters. The number of unbranched alkanes of at least 4 members (excludes halogenated alkanes) is 1. The van der Waals surface area contributed by atoms with Crippen LogP contribution >= 0.6 is 0 Å². The highest BCUT2D eigenvalue weighted by Gasteiger charge is 2.14. The van der Waals surface area contributed by atoms with Crippen LogP contribution in [0.25, 0.3) is 6.08 Å². The first kappa shape index (κ1) is 19.5. The van der Waals surface area contributed by atoms with Crippen molar-refractivity contribution in [2.24, 2.45) is 0 Å². The van der Waals surface area contributed by atoms with E-state index >= 15 is 0 Å². The van der Waals surface area contributed by atoms with Crippen LogP contribution in [0.1, 0.15) is 25.3 Å². The first-order valence-electron chi connectivity index (χ1n) is 9.26. The molecule has 0 atom stereocenters. The van der Waals surface area contributed by atoms with Crippen molar-refractivity contribution in [2.75, 3.05) is 52.9 Å². The van der Waals surface area contributed by atoms with E-state index in [9.17, 15) is 4.79 Å². The summed E-state index contributed by atoms with van der Waals surface area (Å²) in [4.78, 5) is 16.9. The Labute approximate surface area is 151 Å². The monoisotopic (exact) mass is 345 g/mol. The molecule has 2 rings (SSSR count). The molecule has 138 valence electrons. The number of carbonyl (C=O) groups excluding carboxylic acids is 1. The van der Waals surface area contributed by atoms with Gasteiger partial charge in [-0.3, -0.25) is 4.79 Å². The van der Waals surface area contributed by atoms with Crippen molar-refractivity contribution in [3.63, 3.8) is 0 Å². The molecule has 5 heteroatoms. The van der Waals surface area contributed by atoms with Gasteiger partial charge in [-0.15, -0.1) is 0 Å². The van der Waals surface area contributed by atoms with Crippen molar-refractivity contribution in [2.45, 2.75) is 19.8 Å². The zero-order valence-electron chi connectivity index (χ0n) is 15.5. The second-order valence-corrected chi connectivity index (χ2v) is 6.38. The fraction of sp³-hybridized carbons (Fsp3) is 0.550. The number of benzene rings is 1. The van der Waals surface area contributed by atoms with Gasteiger partial charge in [-0.05, 0) is 49.7 Å². The first-order valence-corrected chi connectivity index (χ1v) is 9.26. The number of amides is 1. The Bertz CT molecular complexity index is 552. The summed E-state index contributed by atoms with van der Waals surface area (Å²) in [6.45, 7) is 9.95. The molecule has 0 spiro atoms. The highest BCUT2D eigenvalue weighted by atomic mass is 16.5. The van der Waals surface area contributed by atoms with Crippen LogP contribution in [0.4, 0.5) is 0 Å². The molecular formula is C20H31N3O2. The fourth-order valence-corrected chi connectivity index (χ4v) is 2.98. The van der Waals surface area contributed by atoms with Gasteiger partial charge in [0, 0.05) is 38.8 Å². The van der Waals surface area contributed by atoms with Crippen molar-refractivity contribution in [3.8, 4) is 5.75 Å². The summed E-state index contributed by atoms with van der Waals surface area (Å²) >= 11 is 0. The SMILES string of the molecule is CCN1CCN(CCCCNC(=O)C=Cc2cccc(OC)c2)CC1. The normalized spacial score (nSPS) is 16.2. The van der Waals surface area contributed by atoms with Crippen LogP contribution in [0.15, 0.2) is 30.3 Å². The molecule has 1 aromatic carbocycles. The molecule has 0 saturated carbocycles. The predicted molar refractivity (Wildman–Crippen MR) is 103 cm³/mol. The molecule has 5 nitrogen and oxygen atoms in total. The lowest BCUT2D eigenvalue weighted by molar-refractivity contribution is -0.116. The largest absolute Gasteiger partial charge is 0.497 e. The Morgan fingerprint density at radius 3 is 2.68 bits per heavy atom. The van der Waals surface area contributed by atoms with E-state index in [1.807, 2.05) is 30.3 Å². The minimum absolute atomic E-state index is 0.0422. The van der Waals surface area contributed by atoms with Crippen LogP contribution in [-0.4, -0.2) is 68.6 Å². The summed E-state index contributed by atoms with van der Waals surface area (Å²) in [5, 5.41) is 2.95. The number of piperazine rings is 1. The maximum atomic E-state index is 11.9. The number of hydrogen-bond acceptors (Lipinski definition) is 4. The first-order chi connectivity index (χ1) is 12.2. The van der Waals surface area contributed by atoms with Gasteiger partial charge in [-0.25, -0.2) is 0 Å². The third-order valence-electron chi connectivity index (χ3n) is 4.63. The fourth-order valence-electron chi connectivity index (χ4n) is 2.98. The lowest BCUT2D eigenvalue weighted by Crippen LogP contribution is -2.46. The maximum Gasteiger partial charge on any atom is 0.243 e. The molecule has 1 heterocycles. The molecular weight excluding hydrogens is 314 g/mol. The number of carbonyl (C=O) groups is 1. The highest BCUT2D eigenvalue weighted by molar-refractivity contribution is 5.91. The molecule has 1 aliphatic rings. The predicted octanol–water partition coefficient (Wildman–Crippen LogP) is 2.24. The van der Waals surface area contributed by atoms with Crippen LogP contribution in [0.3, 0.4) is 0 Å². The van der Waals surface area contributed by atoms with Gasteiger partial charge in [0.15, 0.2) is 0 Å². The van der Waals surface area contributed by atoms with Crippen molar-refractivity contribution >= 4 is 12.0 Å². The summed E-state index contributed by atoms with van der Waals surface area (Å²) in [6.07, 6.45) is 5.54. The smallest absolute Gasteiger partial charge is 0.243 e. The number of hydrogen-bond donors (Lipinski definition) is 1. The number of ether oxygens (including phenoxy) is 1. The molecule has 0 aromatic heterocycles. The van der Waals surface area contributed by atoms with Gasteiger partial charge < -0.3 is 19.9 Å². The van der Waals surface area contributed by atoms with Gasteiger partial charge in [-0.2, -0.15) is 0 Å². The van der Waals surface area contributed by atoms with Crippen LogP contribution in [0, 0.1) is 0 Å². The molecule has 1 aliphatic heterocycles. The number of nitrogens with zero attached hydrogens (tertiary/aromatic N) is 2. The molecule has 1 saturated heterocycles. The molecule has 0 aliphatic carbocycles. The number of nitrogens with one attached hydrogen (secondary N) is 1. The van der Waals surface area contributed by atoms with E-state index in [4.69, 9.17) is 4.74 Å². The van der Waals surface area contributed by atoms with Gasteiger partial charge in [-0.1, -0.05) is 19.1 Å². The highest BCUT2D eigenvalue weighted by Crippen LogP contribution is 2.13. The van der Waals surface area contributed by atoms with Crippen LogP contribution in [0.2, 0.25) is 0 Å². The Morgan fingerprint density at radius 2 is 1.96 bits per heavy atom. The van der Waals surface area contributed by atoms with Gasteiger partial charge in [0.2, 0.25) is 5.91 Å². The van der Waals surface area contributed by atoms with Gasteiger partial charge in [0.05, 0.1) is 7.11 Å². The number of methoxy groups -OCH3 is 1. The van der Waals surface area contributed by atoms with Crippen molar-refractivity contribution < 1.29 is 9.53 Å². The Morgan fingerprint density at radius 1 is 1.20 bits per heavy atom. The number of rotatable bonds is 9. The quantitative estimate of drug-likeness (QED) is 0.551. The van der Waals surface area contributed by atoms with Gasteiger partial charge in [0.1, 0.15) is 5.75 Å². The molecule has 0 radical (unpaired) electrons. The van der Waals surface area contributed by atoms with E-state index < -0.39 is 0 Å². The summed E-state index contributed by atoms with van der Waals surface area (Å²) < 4.78 is 5.17. The zero-order valence-corrected chi connectivity index (χ0v) is 15.5. The van der Waals surface area contributed by atoms with Crippen molar-refractivity contribution in [3.05, 3.63) is 35.9 Å². The lowest BCUT2D eigenvalue weighted by atomic mass is 10.2. The van der Waals surface area contributed by atoms with E-state index in [0.29, 0.717) is 0 Å². The summed E-state index contributed by atoms with van der Waals surface area (Å²) in [5.74, 6) is 0.752. The van der Waals surface area contributed by atoms with Crippen LogP contribution in [-0.2, 0) is 4.79 Å². The Balaban J connectivity index is 1.57. The maximum absolute atomic E-state index is 11.9. The second-order valence-electron chi connectivity index (χ2n) is 6.38. The summed E-state index contributed by atoms with van der Waals surface area (Å²) in [5.41, 5.74) is 0.959. The number of likely N-dealkylation sites (N-methyl/N-ethyl adjacent to an activating group) is 1. The second kappa shape index (κ2) is 10.9. The van der Waals surface area contributed by atoms with E-state index in [2.05, 4.69) is 22.0 Å². The lowest BCUT2D eigenvalue weighted by Gasteiger charge is -2.33. The van der Waals surface area contributed by atoms with E-state index in [0.717, 1.165) is 43.8 Å². The van der Waals surface area contributed by atoms with Crippen molar-refractivity contribution in [1.82, 2.24) is 15.1 Å². The van der Waals surface area contributed by atoms with Gasteiger partial charge >= 0.3 is 0 Å². The van der Waals surface area contributed by atoms with Crippen LogP contribution < -0.4 is 10.1 Å². The Kier molecular flexibility index (Phi) is 8.49. The topological polar surface area (TPSA) is 44.8 Å². The third-order valence-corrected chi connectivity index (χ3v) is 4.63. The molecule has 1 aromatic rings. The van der Waals surface area contributed by atoms with E-state index in [1.54, 1.807) is 13.2 Å². The average molecular weight is 345 g/mol. The average Bonchev–Trinajstić information content (AvgIpc) is 2.66. The minimum Gasteiger partial charge on any atom is -0.497 e. The zero-order chi connectivity index (χ0) is 17.9. The molecule has 1 amide bonds.